The van der Waals surface area contributed by atoms with E-state index in [0.29, 0.717) is 17.3 Å². The molecule has 0 radical (unpaired) electrons. The van der Waals surface area contributed by atoms with Crippen molar-refractivity contribution in [2.75, 3.05) is 44.2 Å². The number of aliphatic hydroxyl groups is 1. The second kappa shape index (κ2) is 8.71. The minimum absolute atomic E-state index is 0.216. The van der Waals surface area contributed by atoms with Gasteiger partial charge in [0.2, 0.25) is 0 Å². The van der Waals surface area contributed by atoms with E-state index in [2.05, 4.69) is 9.80 Å². The second-order valence-corrected chi connectivity index (χ2v) is 7.05. The highest BCUT2D eigenvalue weighted by molar-refractivity contribution is 6.31. The van der Waals surface area contributed by atoms with E-state index < -0.39 is 6.10 Å². The Labute approximate surface area is 158 Å². The Morgan fingerprint density at radius 2 is 1.81 bits per heavy atom. The van der Waals surface area contributed by atoms with Crippen LogP contribution in [0.4, 0.5) is 10.1 Å². The average Bonchev–Trinajstić information content (AvgIpc) is 2.64. The van der Waals surface area contributed by atoms with Crippen LogP contribution in [-0.2, 0) is 0 Å². The van der Waals surface area contributed by atoms with Crippen molar-refractivity contribution in [3.63, 3.8) is 0 Å². The summed E-state index contributed by atoms with van der Waals surface area (Å²) in [5.41, 5.74) is 1.99. The van der Waals surface area contributed by atoms with Crippen molar-refractivity contribution in [2.45, 2.75) is 13.0 Å². The summed E-state index contributed by atoms with van der Waals surface area (Å²) in [6.45, 7) is 6.17. The number of rotatable bonds is 6. The second-order valence-electron chi connectivity index (χ2n) is 6.64. The van der Waals surface area contributed by atoms with Crippen LogP contribution in [0.1, 0.15) is 5.56 Å². The van der Waals surface area contributed by atoms with Gasteiger partial charge in [-0.25, -0.2) is 4.39 Å². The quantitative estimate of drug-likeness (QED) is 0.836. The van der Waals surface area contributed by atoms with Gasteiger partial charge in [-0.3, -0.25) is 4.90 Å². The molecule has 1 heterocycles. The molecule has 3 rings (SSSR count). The maximum absolute atomic E-state index is 13.0. The lowest BCUT2D eigenvalue weighted by Gasteiger charge is -2.36. The number of benzene rings is 2. The summed E-state index contributed by atoms with van der Waals surface area (Å²) in [5, 5.41) is 11.0. The Kier molecular flexibility index (Phi) is 6.35. The fourth-order valence-corrected chi connectivity index (χ4v) is 3.21. The molecular formula is C20H24ClFN2O2. The minimum atomic E-state index is -0.552. The van der Waals surface area contributed by atoms with Gasteiger partial charge in [0.25, 0.3) is 0 Å². The number of ether oxygens (including phenoxy) is 1. The lowest BCUT2D eigenvalue weighted by molar-refractivity contribution is 0.0663. The Hall–Kier alpha value is -1.82. The van der Waals surface area contributed by atoms with Gasteiger partial charge in [0.1, 0.15) is 24.3 Å². The number of halogens is 2. The van der Waals surface area contributed by atoms with E-state index in [0.717, 1.165) is 37.4 Å². The van der Waals surface area contributed by atoms with Gasteiger partial charge in [-0.05, 0) is 55.0 Å². The number of β-amino-alcohol motifs (C(OH)–C–C–N with tert-alkyl or cyclic N) is 1. The zero-order valence-corrected chi connectivity index (χ0v) is 15.6. The van der Waals surface area contributed by atoms with Crippen molar-refractivity contribution in [3.8, 4) is 5.75 Å². The Morgan fingerprint density at radius 1 is 1.12 bits per heavy atom. The Bertz CT molecular complexity index is 718. The first kappa shape index (κ1) is 19.0. The van der Waals surface area contributed by atoms with E-state index in [9.17, 15) is 9.50 Å². The predicted molar refractivity (Wildman–Crippen MR) is 103 cm³/mol. The largest absolute Gasteiger partial charge is 0.491 e. The molecule has 0 bridgehead atoms. The molecule has 1 aliphatic heterocycles. The van der Waals surface area contributed by atoms with Crippen LogP contribution in [0.3, 0.4) is 0 Å². The molecular weight excluding hydrogens is 355 g/mol. The molecule has 140 valence electrons. The number of anilines is 1. The fraction of sp³-hybridized carbons (Fsp3) is 0.400. The summed E-state index contributed by atoms with van der Waals surface area (Å²) in [7, 11) is 0. The van der Waals surface area contributed by atoms with Crippen molar-refractivity contribution in [1.82, 2.24) is 4.90 Å². The summed E-state index contributed by atoms with van der Waals surface area (Å²) >= 11 is 6.00. The SMILES string of the molecule is Cc1cc(OC[C@H](O)CN2CCN(c3ccc(F)cc3)CC2)ccc1Cl. The van der Waals surface area contributed by atoms with Gasteiger partial charge in [0, 0.05) is 43.4 Å². The van der Waals surface area contributed by atoms with E-state index in [1.165, 1.54) is 12.1 Å². The van der Waals surface area contributed by atoms with Crippen molar-refractivity contribution in [2.24, 2.45) is 0 Å². The molecule has 0 spiro atoms. The fourth-order valence-electron chi connectivity index (χ4n) is 3.09. The first-order chi connectivity index (χ1) is 12.5. The van der Waals surface area contributed by atoms with Gasteiger partial charge < -0.3 is 14.7 Å². The smallest absolute Gasteiger partial charge is 0.123 e. The lowest BCUT2D eigenvalue weighted by atomic mass is 10.2. The maximum Gasteiger partial charge on any atom is 0.123 e. The molecule has 0 amide bonds. The zero-order valence-electron chi connectivity index (χ0n) is 14.9. The predicted octanol–water partition coefficient (Wildman–Crippen LogP) is 3.35. The van der Waals surface area contributed by atoms with E-state index in [-0.39, 0.29) is 12.4 Å². The number of piperazine rings is 1. The van der Waals surface area contributed by atoms with Gasteiger partial charge in [-0.2, -0.15) is 0 Å². The molecule has 2 aromatic rings. The number of aryl methyl sites for hydroxylation is 1. The Balaban J connectivity index is 1.42. The maximum atomic E-state index is 13.0. The first-order valence-corrected chi connectivity index (χ1v) is 9.19. The molecule has 0 aromatic heterocycles. The van der Waals surface area contributed by atoms with Gasteiger partial charge in [0.05, 0.1) is 0 Å². The number of nitrogens with zero attached hydrogens (tertiary/aromatic N) is 2. The van der Waals surface area contributed by atoms with Gasteiger partial charge in [-0.15, -0.1) is 0 Å². The highest BCUT2D eigenvalue weighted by atomic mass is 35.5. The molecule has 1 fully saturated rings. The van der Waals surface area contributed by atoms with E-state index in [4.69, 9.17) is 16.3 Å². The first-order valence-electron chi connectivity index (χ1n) is 8.81. The molecule has 0 unspecified atom stereocenters. The zero-order chi connectivity index (χ0) is 18.5. The van der Waals surface area contributed by atoms with E-state index >= 15 is 0 Å². The van der Waals surface area contributed by atoms with E-state index in [1.807, 2.05) is 31.2 Å². The molecule has 4 nitrogen and oxygen atoms in total. The normalized spacial score (nSPS) is 16.5. The average molecular weight is 379 g/mol. The lowest BCUT2D eigenvalue weighted by Crippen LogP contribution is -2.49. The third-order valence-electron chi connectivity index (χ3n) is 4.60. The molecule has 1 atom stereocenters. The summed E-state index contributed by atoms with van der Waals surface area (Å²) in [6, 6.07) is 12.1. The standard InChI is InChI=1S/C20H24ClFN2O2/c1-15-12-19(6-7-20(15)21)26-14-18(25)13-23-8-10-24(11-9-23)17-4-2-16(22)3-5-17/h2-7,12,18,25H,8-11,13-14H2,1H3/t18-/m1/s1. The highest BCUT2D eigenvalue weighted by Crippen LogP contribution is 2.21. The van der Waals surface area contributed by atoms with Crippen molar-refractivity contribution >= 4 is 17.3 Å². The topological polar surface area (TPSA) is 35.9 Å². The van der Waals surface area contributed by atoms with Gasteiger partial charge in [-0.1, -0.05) is 11.6 Å². The van der Waals surface area contributed by atoms with Crippen LogP contribution < -0.4 is 9.64 Å². The summed E-state index contributed by atoms with van der Waals surface area (Å²) in [4.78, 5) is 4.45. The molecule has 1 aliphatic rings. The van der Waals surface area contributed by atoms with Crippen LogP contribution in [0, 0.1) is 12.7 Å². The van der Waals surface area contributed by atoms with Crippen molar-refractivity contribution < 1.29 is 14.2 Å². The highest BCUT2D eigenvalue weighted by Gasteiger charge is 2.19. The van der Waals surface area contributed by atoms with Crippen LogP contribution >= 0.6 is 11.6 Å². The van der Waals surface area contributed by atoms with Gasteiger partial charge in [0.15, 0.2) is 0 Å². The number of hydrogen-bond donors (Lipinski definition) is 1. The summed E-state index contributed by atoms with van der Waals surface area (Å²) in [5.74, 6) is 0.499. The van der Waals surface area contributed by atoms with Crippen LogP contribution in [-0.4, -0.2) is 55.4 Å². The van der Waals surface area contributed by atoms with Crippen molar-refractivity contribution in [1.29, 1.82) is 0 Å². The molecule has 26 heavy (non-hydrogen) atoms. The molecule has 1 N–H and O–H groups in total. The monoisotopic (exact) mass is 378 g/mol. The van der Waals surface area contributed by atoms with E-state index in [1.54, 1.807) is 6.07 Å². The van der Waals surface area contributed by atoms with Crippen LogP contribution in [0.5, 0.6) is 5.75 Å². The molecule has 1 saturated heterocycles. The molecule has 0 aliphatic carbocycles. The molecule has 0 saturated carbocycles. The van der Waals surface area contributed by atoms with Crippen molar-refractivity contribution in [3.05, 3.63) is 58.9 Å². The molecule has 6 heteroatoms. The van der Waals surface area contributed by atoms with Crippen LogP contribution in [0.15, 0.2) is 42.5 Å². The third-order valence-corrected chi connectivity index (χ3v) is 5.03. The third kappa shape index (κ3) is 5.10. The molecule has 2 aromatic carbocycles. The van der Waals surface area contributed by atoms with Gasteiger partial charge >= 0.3 is 0 Å². The number of hydrogen-bond acceptors (Lipinski definition) is 4. The summed E-state index contributed by atoms with van der Waals surface area (Å²) in [6.07, 6.45) is -0.552. The number of aliphatic hydroxyl groups excluding tert-OH is 1. The summed E-state index contributed by atoms with van der Waals surface area (Å²) < 4.78 is 18.7. The minimum Gasteiger partial charge on any atom is -0.491 e. The van der Waals surface area contributed by atoms with Crippen LogP contribution in [0.25, 0.3) is 0 Å². The van der Waals surface area contributed by atoms with Crippen LogP contribution in [0.2, 0.25) is 5.02 Å². The Morgan fingerprint density at radius 3 is 2.46 bits per heavy atom.